The molecule has 1 aromatic heterocycles. The van der Waals surface area contributed by atoms with E-state index in [4.69, 9.17) is 10.1 Å². The summed E-state index contributed by atoms with van der Waals surface area (Å²) in [5, 5.41) is 11.1. The first-order valence-corrected chi connectivity index (χ1v) is 8.42. The molecule has 132 valence electrons. The molecule has 2 heterocycles. The third kappa shape index (κ3) is 3.96. The Bertz CT molecular complexity index is 809. The van der Waals surface area contributed by atoms with Gasteiger partial charge in [-0.25, -0.2) is 4.39 Å². The maximum absolute atomic E-state index is 13.1. The monoisotopic (exact) mass is 343 g/mol. The van der Waals surface area contributed by atoms with Crippen LogP contribution in [0.3, 0.4) is 0 Å². The Morgan fingerprint density at radius 2 is 2.00 bits per heavy atom. The highest BCUT2D eigenvalue weighted by atomic mass is 19.1. The second-order valence-electron chi connectivity index (χ2n) is 6.31. The minimum atomic E-state index is -0.302. The van der Waals surface area contributed by atoms with Gasteiger partial charge in [0, 0.05) is 31.2 Å². The van der Waals surface area contributed by atoms with Gasteiger partial charge in [-0.2, -0.15) is 0 Å². The average Bonchev–Trinajstić information content (AvgIpc) is 2.61. The molecule has 5 nitrogen and oxygen atoms in total. The third-order valence-corrected chi connectivity index (χ3v) is 4.52. The van der Waals surface area contributed by atoms with Crippen LogP contribution in [0, 0.1) is 18.2 Å². The lowest BCUT2D eigenvalue weighted by molar-refractivity contribution is 0.0904. The van der Waals surface area contributed by atoms with Gasteiger partial charge in [0.15, 0.2) is 0 Å². The van der Waals surface area contributed by atoms with Gasteiger partial charge in [-0.05, 0) is 43.5 Å². The Balaban J connectivity index is 1.91. The molecule has 3 rings (SSSR count). The first kappa shape index (κ1) is 17.4. The first-order valence-electron chi connectivity index (χ1n) is 8.42. The van der Waals surface area contributed by atoms with Crippen molar-refractivity contribution in [2.24, 2.45) is 0 Å². The Hall–Kier alpha value is -2.47. The zero-order valence-corrected chi connectivity index (χ0v) is 14.2. The number of anilines is 1. The van der Waals surface area contributed by atoms with E-state index in [1.54, 1.807) is 16.7 Å². The van der Waals surface area contributed by atoms with Gasteiger partial charge in [0.1, 0.15) is 5.82 Å². The van der Waals surface area contributed by atoms with E-state index in [1.165, 1.54) is 12.1 Å². The highest BCUT2D eigenvalue weighted by Gasteiger charge is 2.17. The summed E-state index contributed by atoms with van der Waals surface area (Å²) in [5.74, 6) is -0.302. The van der Waals surface area contributed by atoms with E-state index in [0.717, 1.165) is 30.3 Å². The number of nitrogens with one attached hydrogen (secondary N) is 2. The summed E-state index contributed by atoms with van der Waals surface area (Å²) in [6.45, 7) is 3.63. The van der Waals surface area contributed by atoms with Crippen LogP contribution >= 0.6 is 0 Å². The van der Waals surface area contributed by atoms with E-state index < -0.39 is 0 Å². The van der Waals surface area contributed by atoms with Gasteiger partial charge >= 0.3 is 0 Å². The molecular formula is C19H22FN3O2. The lowest BCUT2D eigenvalue weighted by Gasteiger charge is -2.25. The predicted octanol–water partition coefficient (Wildman–Crippen LogP) is 2.93. The number of benzene rings is 1. The van der Waals surface area contributed by atoms with Crippen molar-refractivity contribution in [1.29, 1.82) is 5.41 Å². The Morgan fingerprint density at radius 3 is 2.64 bits per heavy atom. The van der Waals surface area contributed by atoms with Crippen molar-refractivity contribution in [3.05, 3.63) is 63.3 Å². The van der Waals surface area contributed by atoms with Crippen LogP contribution < -0.4 is 10.9 Å². The standard InChI is InChI=1S/C19H22FN3O2/c1-13-10-18(22-16-6-8-25-9-7-16)17(11-21)19(24)23(13)12-14-2-4-15(20)5-3-14/h2-5,10-11,16,21-22H,6-9,12H2,1H3. The van der Waals surface area contributed by atoms with E-state index in [1.807, 2.05) is 13.0 Å². The third-order valence-electron chi connectivity index (χ3n) is 4.52. The average molecular weight is 343 g/mol. The zero-order valence-electron chi connectivity index (χ0n) is 14.2. The minimum absolute atomic E-state index is 0.214. The van der Waals surface area contributed by atoms with Crippen LogP contribution in [0.15, 0.2) is 35.1 Å². The maximum atomic E-state index is 13.1. The number of aryl methyl sites for hydroxylation is 1. The number of pyridine rings is 1. The fourth-order valence-electron chi connectivity index (χ4n) is 3.07. The summed E-state index contributed by atoms with van der Waals surface area (Å²) in [5.41, 5.74) is 2.47. The van der Waals surface area contributed by atoms with Gasteiger partial charge in [-0.1, -0.05) is 12.1 Å². The van der Waals surface area contributed by atoms with Crippen molar-refractivity contribution in [1.82, 2.24) is 4.57 Å². The molecule has 0 aliphatic carbocycles. The van der Waals surface area contributed by atoms with Crippen LogP contribution in [0.25, 0.3) is 0 Å². The van der Waals surface area contributed by atoms with Crippen molar-refractivity contribution in [2.45, 2.75) is 32.4 Å². The smallest absolute Gasteiger partial charge is 0.261 e. The molecule has 2 aromatic rings. The molecule has 1 aliphatic heterocycles. The Morgan fingerprint density at radius 1 is 1.32 bits per heavy atom. The number of halogens is 1. The van der Waals surface area contributed by atoms with E-state index in [-0.39, 0.29) is 17.4 Å². The van der Waals surface area contributed by atoms with Gasteiger partial charge in [-0.15, -0.1) is 0 Å². The summed E-state index contributed by atoms with van der Waals surface area (Å²) in [6.07, 6.45) is 2.87. The van der Waals surface area contributed by atoms with Gasteiger partial charge in [0.2, 0.25) is 0 Å². The van der Waals surface area contributed by atoms with Crippen LogP contribution in [0.5, 0.6) is 0 Å². The molecule has 0 atom stereocenters. The summed E-state index contributed by atoms with van der Waals surface area (Å²) in [6, 6.07) is 8.25. The molecule has 2 N–H and O–H groups in total. The highest BCUT2D eigenvalue weighted by molar-refractivity contribution is 5.85. The molecule has 6 heteroatoms. The molecule has 0 amide bonds. The number of aromatic nitrogens is 1. The van der Waals surface area contributed by atoms with Crippen LogP contribution in [0.1, 0.15) is 29.7 Å². The molecule has 0 spiro atoms. The van der Waals surface area contributed by atoms with Crippen molar-refractivity contribution in [3.63, 3.8) is 0 Å². The number of hydrogen-bond donors (Lipinski definition) is 2. The summed E-state index contributed by atoms with van der Waals surface area (Å²) < 4.78 is 20.0. The quantitative estimate of drug-likeness (QED) is 0.820. The number of ether oxygens (including phenoxy) is 1. The molecular weight excluding hydrogens is 321 g/mol. The van der Waals surface area contributed by atoms with Crippen molar-refractivity contribution >= 4 is 11.9 Å². The lowest BCUT2D eigenvalue weighted by Crippen LogP contribution is -2.32. The molecule has 0 radical (unpaired) electrons. The Kier molecular flexibility index (Phi) is 5.28. The minimum Gasteiger partial charge on any atom is -0.381 e. The molecule has 1 saturated heterocycles. The molecule has 0 saturated carbocycles. The van der Waals surface area contributed by atoms with Gasteiger partial charge in [0.25, 0.3) is 5.56 Å². The number of nitrogens with zero attached hydrogens (tertiary/aromatic N) is 1. The summed E-state index contributed by atoms with van der Waals surface area (Å²) in [7, 11) is 0. The van der Waals surface area contributed by atoms with E-state index in [0.29, 0.717) is 31.0 Å². The second kappa shape index (κ2) is 7.61. The van der Waals surface area contributed by atoms with Gasteiger partial charge < -0.3 is 20.0 Å². The van der Waals surface area contributed by atoms with Crippen molar-refractivity contribution in [3.8, 4) is 0 Å². The van der Waals surface area contributed by atoms with E-state index >= 15 is 0 Å². The van der Waals surface area contributed by atoms with Crippen molar-refractivity contribution < 1.29 is 9.13 Å². The van der Waals surface area contributed by atoms with Crippen molar-refractivity contribution in [2.75, 3.05) is 18.5 Å². The first-order chi connectivity index (χ1) is 12.1. The molecule has 1 aliphatic rings. The SMILES string of the molecule is Cc1cc(NC2CCOCC2)c(C=N)c(=O)n1Cc1ccc(F)cc1. The fraction of sp³-hybridized carbons (Fsp3) is 0.368. The zero-order chi connectivity index (χ0) is 17.8. The number of hydrogen-bond acceptors (Lipinski definition) is 4. The topological polar surface area (TPSA) is 67.1 Å². The number of rotatable bonds is 5. The lowest BCUT2D eigenvalue weighted by atomic mass is 10.1. The van der Waals surface area contributed by atoms with Gasteiger partial charge in [-0.3, -0.25) is 4.79 Å². The summed E-state index contributed by atoms with van der Waals surface area (Å²) >= 11 is 0. The normalized spacial score (nSPS) is 15.1. The van der Waals surface area contributed by atoms with Crippen LogP contribution in [0.2, 0.25) is 0 Å². The molecule has 25 heavy (non-hydrogen) atoms. The Labute approximate surface area is 146 Å². The fourth-order valence-corrected chi connectivity index (χ4v) is 3.07. The molecule has 0 bridgehead atoms. The molecule has 1 fully saturated rings. The van der Waals surface area contributed by atoms with Crippen LogP contribution in [-0.2, 0) is 11.3 Å². The van der Waals surface area contributed by atoms with Crippen LogP contribution in [0.4, 0.5) is 10.1 Å². The predicted molar refractivity (Wildman–Crippen MR) is 96.3 cm³/mol. The molecule has 0 unspecified atom stereocenters. The second-order valence-corrected chi connectivity index (χ2v) is 6.31. The maximum Gasteiger partial charge on any atom is 0.261 e. The summed E-state index contributed by atoms with van der Waals surface area (Å²) in [4.78, 5) is 12.8. The van der Waals surface area contributed by atoms with Gasteiger partial charge in [0.05, 0.1) is 17.8 Å². The van der Waals surface area contributed by atoms with E-state index in [2.05, 4.69) is 5.32 Å². The van der Waals surface area contributed by atoms with E-state index in [9.17, 15) is 9.18 Å². The molecule has 1 aromatic carbocycles. The largest absolute Gasteiger partial charge is 0.381 e. The van der Waals surface area contributed by atoms with Crippen LogP contribution in [-0.4, -0.2) is 30.0 Å². The highest BCUT2D eigenvalue weighted by Crippen LogP contribution is 2.18.